The first-order valence-electron chi connectivity index (χ1n) is 5.64. The van der Waals surface area contributed by atoms with E-state index in [2.05, 4.69) is 53.1 Å². The standard InChI is InChI=1S/C14H11Br3FN/c1-8(9-2-4-13(18)11(16)6-9)19-14-5-3-10(15)7-12(14)17/h2-8,19H,1H3. The largest absolute Gasteiger partial charge is 0.378 e. The summed E-state index contributed by atoms with van der Waals surface area (Å²) < 4.78 is 15.7. The van der Waals surface area contributed by atoms with Crippen molar-refractivity contribution in [2.45, 2.75) is 13.0 Å². The van der Waals surface area contributed by atoms with Crippen molar-refractivity contribution in [1.29, 1.82) is 0 Å². The van der Waals surface area contributed by atoms with Gasteiger partial charge in [0.25, 0.3) is 0 Å². The summed E-state index contributed by atoms with van der Waals surface area (Å²) in [5.74, 6) is -0.249. The minimum absolute atomic E-state index is 0.0781. The van der Waals surface area contributed by atoms with Gasteiger partial charge in [0.1, 0.15) is 5.82 Å². The second-order valence-electron chi connectivity index (χ2n) is 4.16. The van der Waals surface area contributed by atoms with Gasteiger partial charge in [-0.25, -0.2) is 4.39 Å². The zero-order chi connectivity index (χ0) is 14.0. The van der Waals surface area contributed by atoms with Crippen LogP contribution in [0.4, 0.5) is 10.1 Å². The lowest BCUT2D eigenvalue weighted by atomic mass is 10.1. The van der Waals surface area contributed by atoms with Gasteiger partial charge in [0, 0.05) is 20.7 Å². The number of hydrogen-bond acceptors (Lipinski definition) is 1. The number of anilines is 1. The Morgan fingerprint density at radius 1 is 1.00 bits per heavy atom. The molecule has 5 heteroatoms. The number of halogens is 4. The summed E-state index contributed by atoms with van der Waals surface area (Å²) in [5, 5.41) is 3.39. The van der Waals surface area contributed by atoms with Crippen LogP contribution >= 0.6 is 47.8 Å². The minimum atomic E-state index is -0.249. The van der Waals surface area contributed by atoms with Gasteiger partial charge < -0.3 is 5.32 Å². The van der Waals surface area contributed by atoms with Crippen LogP contribution in [0.5, 0.6) is 0 Å². The maximum absolute atomic E-state index is 13.2. The summed E-state index contributed by atoms with van der Waals surface area (Å²) >= 11 is 10.1. The highest BCUT2D eigenvalue weighted by atomic mass is 79.9. The summed E-state index contributed by atoms with van der Waals surface area (Å²) in [6.45, 7) is 2.04. The highest BCUT2D eigenvalue weighted by Gasteiger charge is 2.09. The Morgan fingerprint density at radius 3 is 2.37 bits per heavy atom. The molecule has 0 amide bonds. The van der Waals surface area contributed by atoms with Crippen molar-refractivity contribution in [3.8, 4) is 0 Å². The Labute approximate surface area is 137 Å². The molecule has 0 spiro atoms. The lowest BCUT2D eigenvalue weighted by molar-refractivity contribution is 0.619. The highest BCUT2D eigenvalue weighted by molar-refractivity contribution is 9.11. The third kappa shape index (κ3) is 3.80. The molecule has 1 atom stereocenters. The van der Waals surface area contributed by atoms with E-state index in [1.807, 2.05) is 25.1 Å². The lowest BCUT2D eigenvalue weighted by Crippen LogP contribution is -2.07. The molecular weight excluding hydrogens is 441 g/mol. The van der Waals surface area contributed by atoms with Gasteiger partial charge in [-0.1, -0.05) is 22.0 Å². The van der Waals surface area contributed by atoms with Gasteiger partial charge in [0.2, 0.25) is 0 Å². The van der Waals surface area contributed by atoms with Crippen molar-refractivity contribution in [2.75, 3.05) is 5.32 Å². The smallest absolute Gasteiger partial charge is 0.137 e. The van der Waals surface area contributed by atoms with E-state index in [9.17, 15) is 4.39 Å². The number of hydrogen-bond donors (Lipinski definition) is 1. The average Bonchev–Trinajstić information content (AvgIpc) is 2.36. The van der Waals surface area contributed by atoms with Gasteiger partial charge >= 0.3 is 0 Å². The summed E-state index contributed by atoms with van der Waals surface area (Å²) in [6, 6.07) is 11.1. The molecule has 2 rings (SSSR count). The molecule has 100 valence electrons. The first-order chi connectivity index (χ1) is 8.97. The summed E-state index contributed by atoms with van der Waals surface area (Å²) in [7, 11) is 0. The number of nitrogens with one attached hydrogen (secondary N) is 1. The van der Waals surface area contributed by atoms with Crippen molar-refractivity contribution in [2.24, 2.45) is 0 Å². The van der Waals surface area contributed by atoms with Crippen LogP contribution in [0.2, 0.25) is 0 Å². The maximum atomic E-state index is 13.2. The maximum Gasteiger partial charge on any atom is 0.137 e. The second-order valence-corrected chi connectivity index (χ2v) is 6.79. The minimum Gasteiger partial charge on any atom is -0.378 e. The molecule has 19 heavy (non-hydrogen) atoms. The van der Waals surface area contributed by atoms with Crippen LogP contribution in [0.25, 0.3) is 0 Å². The van der Waals surface area contributed by atoms with Crippen LogP contribution < -0.4 is 5.32 Å². The molecular formula is C14H11Br3FN. The van der Waals surface area contributed by atoms with E-state index >= 15 is 0 Å². The lowest BCUT2D eigenvalue weighted by Gasteiger charge is -2.17. The number of rotatable bonds is 3. The van der Waals surface area contributed by atoms with E-state index < -0.39 is 0 Å². The quantitative estimate of drug-likeness (QED) is 0.578. The molecule has 0 aliphatic carbocycles. The van der Waals surface area contributed by atoms with Crippen molar-refractivity contribution >= 4 is 53.5 Å². The van der Waals surface area contributed by atoms with Crippen LogP contribution in [0.15, 0.2) is 49.8 Å². The molecule has 2 aromatic rings. The van der Waals surface area contributed by atoms with Gasteiger partial charge in [0.15, 0.2) is 0 Å². The van der Waals surface area contributed by atoms with Crippen molar-refractivity contribution < 1.29 is 4.39 Å². The van der Waals surface area contributed by atoms with Crippen LogP contribution in [-0.4, -0.2) is 0 Å². The second kappa shape index (κ2) is 6.37. The van der Waals surface area contributed by atoms with E-state index in [4.69, 9.17) is 0 Å². The van der Waals surface area contributed by atoms with E-state index in [1.165, 1.54) is 6.07 Å². The Bertz CT molecular complexity index is 601. The predicted molar refractivity (Wildman–Crippen MR) is 88.0 cm³/mol. The predicted octanol–water partition coefficient (Wildman–Crippen LogP) is 6.29. The molecule has 1 N–H and O–H groups in total. The molecule has 0 aliphatic rings. The highest BCUT2D eigenvalue weighted by Crippen LogP contribution is 2.30. The van der Waals surface area contributed by atoms with E-state index in [-0.39, 0.29) is 11.9 Å². The monoisotopic (exact) mass is 449 g/mol. The molecule has 0 aromatic heterocycles. The zero-order valence-corrected chi connectivity index (χ0v) is 14.8. The SMILES string of the molecule is CC(Nc1ccc(Br)cc1Br)c1ccc(F)c(Br)c1. The molecule has 0 aliphatic heterocycles. The topological polar surface area (TPSA) is 12.0 Å². The normalized spacial score (nSPS) is 12.3. The fourth-order valence-electron chi connectivity index (χ4n) is 1.70. The molecule has 0 bridgehead atoms. The van der Waals surface area contributed by atoms with Gasteiger partial charge in [-0.2, -0.15) is 0 Å². The molecule has 1 nitrogen and oxygen atoms in total. The van der Waals surface area contributed by atoms with Crippen LogP contribution in [0.1, 0.15) is 18.5 Å². The fraction of sp³-hybridized carbons (Fsp3) is 0.143. The Morgan fingerprint density at radius 2 is 1.74 bits per heavy atom. The summed E-state index contributed by atoms with van der Waals surface area (Å²) in [4.78, 5) is 0. The van der Waals surface area contributed by atoms with Crippen molar-refractivity contribution in [3.05, 3.63) is 61.2 Å². The molecule has 0 heterocycles. The van der Waals surface area contributed by atoms with Crippen molar-refractivity contribution in [3.63, 3.8) is 0 Å². The van der Waals surface area contributed by atoms with Gasteiger partial charge in [-0.3, -0.25) is 0 Å². The molecule has 1 unspecified atom stereocenters. The zero-order valence-electron chi connectivity index (χ0n) is 10.1. The molecule has 2 aromatic carbocycles. The van der Waals surface area contributed by atoms with E-state index in [1.54, 1.807) is 12.1 Å². The average molecular weight is 452 g/mol. The third-order valence-electron chi connectivity index (χ3n) is 2.75. The fourth-order valence-corrected chi connectivity index (χ4v) is 3.26. The van der Waals surface area contributed by atoms with E-state index in [0.29, 0.717) is 4.47 Å². The Kier molecular flexibility index (Phi) is 5.03. The first kappa shape index (κ1) is 15.0. The first-order valence-corrected chi connectivity index (χ1v) is 8.02. The Hall–Kier alpha value is -0.390. The van der Waals surface area contributed by atoms with Gasteiger partial charge in [-0.05, 0) is 74.7 Å². The van der Waals surface area contributed by atoms with Crippen molar-refractivity contribution in [1.82, 2.24) is 0 Å². The van der Waals surface area contributed by atoms with Crippen LogP contribution in [-0.2, 0) is 0 Å². The molecule has 0 fully saturated rings. The molecule has 0 saturated heterocycles. The van der Waals surface area contributed by atoms with Crippen LogP contribution in [0, 0.1) is 5.82 Å². The number of benzene rings is 2. The van der Waals surface area contributed by atoms with Crippen LogP contribution in [0.3, 0.4) is 0 Å². The molecule has 0 radical (unpaired) electrons. The Balaban J connectivity index is 2.20. The third-order valence-corrected chi connectivity index (χ3v) is 4.50. The summed E-state index contributed by atoms with van der Waals surface area (Å²) in [5.41, 5.74) is 2.01. The molecule has 0 saturated carbocycles. The van der Waals surface area contributed by atoms with E-state index in [0.717, 1.165) is 20.2 Å². The van der Waals surface area contributed by atoms with Gasteiger partial charge in [0.05, 0.1) is 4.47 Å². The summed E-state index contributed by atoms with van der Waals surface area (Å²) in [6.07, 6.45) is 0. The van der Waals surface area contributed by atoms with Gasteiger partial charge in [-0.15, -0.1) is 0 Å².